The Labute approximate surface area is 67.8 Å². The molecule has 0 atom stereocenters. The van der Waals surface area contributed by atoms with Crippen LogP contribution in [0.3, 0.4) is 0 Å². The van der Waals surface area contributed by atoms with Crippen molar-refractivity contribution in [1.29, 1.82) is 0 Å². The topological polar surface area (TPSA) is 34.1 Å². The van der Waals surface area contributed by atoms with Gasteiger partial charge in [-0.05, 0) is 6.42 Å². The molecule has 4 heteroatoms. The molecule has 10 heavy (non-hydrogen) atoms. The van der Waals surface area contributed by atoms with Crippen molar-refractivity contribution < 1.29 is 9.59 Å². The highest BCUT2D eigenvalue weighted by atomic mass is 35.5. The fourth-order valence-electron chi connectivity index (χ4n) is 0.692. The minimum Gasteiger partial charge on any atom is -0.290 e. The van der Waals surface area contributed by atoms with E-state index in [9.17, 15) is 9.59 Å². The Morgan fingerprint density at radius 1 is 1.10 bits per heavy atom. The van der Waals surface area contributed by atoms with Gasteiger partial charge in [-0.1, -0.05) is 23.2 Å². The molecule has 2 nitrogen and oxygen atoms in total. The van der Waals surface area contributed by atoms with Crippen molar-refractivity contribution in [2.45, 2.75) is 12.8 Å². The molecule has 0 saturated carbocycles. The first-order chi connectivity index (χ1) is 4.63. The van der Waals surface area contributed by atoms with Gasteiger partial charge in [0.2, 0.25) is 11.6 Å². The monoisotopic (exact) mass is 178 g/mol. The van der Waals surface area contributed by atoms with E-state index in [-0.39, 0.29) is 11.5 Å². The number of hydrogen-bond acceptors (Lipinski definition) is 2. The molecule has 1 aliphatic rings. The van der Waals surface area contributed by atoms with Crippen molar-refractivity contribution in [3.05, 3.63) is 10.1 Å². The number of Topliss-reactive ketones (excluding diaryl/α,β-unsaturated/α-hetero) is 2. The average Bonchev–Trinajstić information content (AvgIpc) is 1.93. The lowest BCUT2D eigenvalue weighted by Gasteiger charge is -2.07. The molecule has 1 rings (SSSR count). The molecule has 0 spiro atoms. The molecule has 1 aliphatic carbocycles. The van der Waals surface area contributed by atoms with Crippen LogP contribution in [-0.4, -0.2) is 11.6 Å². The molecule has 0 unspecified atom stereocenters. The lowest BCUT2D eigenvalue weighted by molar-refractivity contribution is -0.134. The van der Waals surface area contributed by atoms with E-state index in [4.69, 9.17) is 23.2 Å². The molecule has 0 heterocycles. The lowest BCUT2D eigenvalue weighted by atomic mass is 10.1. The normalized spacial score (nSPS) is 20.2. The van der Waals surface area contributed by atoms with Gasteiger partial charge in [0.15, 0.2) is 0 Å². The molecule has 0 fully saturated rings. The van der Waals surface area contributed by atoms with Crippen LogP contribution in [0.1, 0.15) is 12.8 Å². The van der Waals surface area contributed by atoms with Gasteiger partial charge in [-0.15, -0.1) is 0 Å². The van der Waals surface area contributed by atoms with Gasteiger partial charge in [-0.25, -0.2) is 0 Å². The first kappa shape index (κ1) is 7.76. The maximum atomic E-state index is 10.7. The SMILES string of the molecule is O=C1CCC(Cl)=C(Cl)C1=O. The molecule has 0 N–H and O–H groups in total. The summed E-state index contributed by atoms with van der Waals surface area (Å²) in [6.07, 6.45) is 0.582. The molecule has 0 aromatic carbocycles. The maximum absolute atomic E-state index is 10.7. The summed E-state index contributed by atoms with van der Waals surface area (Å²) in [7, 11) is 0. The molecular weight excluding hydrogens is 175 g/mol. The highest BCUT2D eigenvalue weighted by Gasteiger charge is 2.25. The Bertz CT molecular complexity index is 230. The summed E-state index contributed by atoms with van der Waals surface area (Å²) in [5.74, 6) is -1.10. The van der Waals surface area contributed by atoms with Gasteiger partial charge in [0.25, 0.3) is 0 Å². The van der Waals surface area contributed by atoms with Crippen LogP contribution in [0.15, 0.2) is 10.1 Å². The Kier molecular flexibility index (Phi) is 2.11. The molecule has 0 aromatic heterocycles. The van der Waals surface area contributed by atoms with Crippen LogP contribution >= 0.6 is 23.2 Å². The number of rotatable bonds is 0. The minimum absolute atomic E-state index is 0.113. The van der Waals surface area contributed by atoms with Gasteiger partial charge in [0.05, 0.1) is 0 Å². The van der Waals surface area contributed by atoms with Crippen LogP contribution in [0.2, 0.25) is 0 Å². The number of allylic oxidation sites excluding steroid dienone is 2. The molecule has 0 amide bonds. The minimum atomic E-state index is -0.655. The number of halogens is 2. The van der Waals surface area contributed by atoms with Crippen LogP contribution in [-0.2, 0) is 9.59 Å². The number of carbonyl (C=O) groups excluding carboxylic acids is 2. The third kappa shape index (κ3) is 1.22. The molecular formula is C6H4Cl2O2. The van der Waals surface area contributed by atoms with Crippen molar-refractivity contribution in [2.24, 2.45) is 0 Å². The Hall–Kier alpha value is -0.340. The summed E-state index contributed by atoms with van der Waals surface area (Å²) in [6.45, 7) is 0. The van der Waals surface area contributed by atoms with E-state index in [2.05, 4.69) is 0 Å². The van der Waals surface area contributed by atoms with Gasteiger partial charge < -0.3 is 0 Å². The predicted molar refractivity (Wildman–Crippen MR) is 38.0 cm³/mol. The highest BCUT2D eigenvalue weighted by Crippen LogP contribution is 2.25. The summed E-state index contributed by atoms with van der Waals surface area (Å²) < 4.78 is 0. The zero-order valence-electron chi connectivity index (χ0n) is 4.99. The summed E-state index contributed by atoms with van der Waals surface area (Å²) >= 11 is 10.9. The quantitative estimate of drug-likeness (QED) is 0.529. The molecule has 54 valence electrons. The molecule has 0 aromatic rings. The van der Waals surface area contributed by atoms with E-state index in [1.54, 1.807) is 0 Å². The summed E-state index contributed by atoms with van der Waals surface area (Å²) in [5, 5.41) is 0.184. The van der Waals surface area contributed by atoms with E-state index >= 15 is 0 Å². The van der Waals surface area contributed by atoms with Crippen molar-refractivity contribution >= 4 is 34.8 Å². The number of carbonyl (C=O) groups is 2. The number of hydrogen-bond donors (Lipinski definition) is 0. The van der Waals surface area contributed by atoms with Gasteiger partial charge in [-0.3, -0.25) is 9.59 Å². The largest absolute Gasteiger partial charge is 0.290 e. The molecule has 0 saturated heterocycles. The highest BCUT2D eigenvalue weighted by molar-refractivity contribution is 6.61. The van der Waals surface area contributed by atoms with Crippen molar-refractivity contribution in [3.63, 3.8) is 0 Å². The second-order valence-electron chi connectivity index (χ2n) is 1.97. The van der Waals surface area contributed by atoms with Crippen molar-refractivity contribution in [2.75, 3.05) is 0 Å². The van der Waals surface area contributed by atoms with E-state index in [1.165, 1.54) is 0 Å². The maximum Gasteiger partial charge on any atom is 0.241 e. The Morgan fingerprint density at radius 3 is 2.20 bits per heavy atom. The van der Waals surface area contributed by atoms with Gasteiger partial charge in [0, 0.05) is 11.5 Å². The van der Waals surface area contributed by atoms with E-state index in [0.29, 0.717) is 11.5 Å². The molecule has 0 bridgehead atoms. The predicted octanol–water partition coefficient (Wildman–Crippen LogP) is 1.61. The standard InChI is InChI=1S/C6H4Cl2O2/c7-3-1-2-4(9)6(10)5(3)8/h1-2H2. The van der Waals surface area contributed by atoms with Crippen LogP contribution in [0, 0.1) is 0 Å². The first-order valence-electron chi connectivity index (χ1n) is 2.74. The summed E-state index contributed by atoms with van der Waals surface area (Å²) in [6, 6.07) is 0. The van der Waals surface area contributed by atoms with E-state index in [1.807, 2.05) is 0 Å². The third-order valence-electron chi connectivity index (χ3n) is 1.26. The fourth-order valence-corrected chi connectivity index (χ4v) is 1.07. The van der Waals surface area contributed by atoms with Crippen LogP contribution < -0.4 is 0 Å². The van der Waals surface area contributed by atoms with Gasteiger partial charge in [-0.2, -0.15) is 0 Å². The summed E-state index contributed by atoms with van der Waals surface area (Å²) in [4.78, 5) is 21.3. The first-order valence-corrected chi connectivity index (χ1v) is 3.50. The second-order valence-corrected chi connectivity index (χ2v) is 2.81. The summed E-state index contributed by atoms with van der Waals surface area (Å²) in [5.41, 5.74) is 0. The zero-order chi connectivity index (χ0) is 7.72. The van der Waals surface area contributed by atoms with Crippen LogP contribution in [0.5, 0.6) is 0 Å². The van der Waals surface area contributed by atoms with Crippen molar-refractivity contribution in [1.82, 2.24) is 0 Å². The molecule has 0 aliphatic heterocycles. The fraction of sp³-hybridized carbons (Fsp3) is 0.333. The Balaban J connectivity index is 2.99. The smallest absolute Gasteiger partial charge is 0.241 e. The van der Waals surface area contributed by atoms with E-state index in [0.717, 1.165) is 0 Å². The average molecular weight is 179 g/mol. The van der Waals surface area contributed by atoms with E-state index < -0.39 is 11.6 Å². The van der Waals surface area contributed by atoms with Crippen LogP contribution in [0.4, 0.5) is 0 Å². The van der Waals surface area contributed by atoms with Gasteiger partial charge >= 0.3 is 0 Å². The Morgan fingerprint density at radius 2 is 1.70 bits per heavy atom. The lowest BCUT2D eigenvalue weighted by Crippen LogP contribution is -2.18. The second kappa shape index (κ2) is 2.72. The zero-order valence-corrected chi connectivity index (χ0v) is 6.50. The van der Waals surface area contributed by atoms with Gasteiger partial charge in [0.1, 0.15) is 5.03 Å². The number of ketones is 2. The molecule has 0 radical (unpaired) electrons. The third-order valence-corrected chi connectivity index (χ3v) is 2.14. The van der Waals surface area contributed by atoms with Crippen LogP contribution in [0.25, 0.3) is 0 Å². The van der Waals surface area contributed by atoms with Crippen molar-refractivity contribution in [3.8, 4) is 0 Å².